The summed E-state index contributed by atoms with van der Waals surface area (Å²) >= 11 is 0. The van der Waals surface area contributed by atoms with Crippen LogP contribution < -0.4 is 10.6 Å². The standard InChI is InChI=1S/C18H26N2O/c1-18(2)10-4-3-7-15(18)17(21)20-14-9-8-13-6-5-11-19-16(13)12-14/h8-9,12,15,19H,3-7,10-11H2,1-2H3,(H,20,21). The minimum atomic E-state index is 0.120. The van der Waals surface area contributed by atoms with Crippen molar-refractivity contribution in [2.45, 2.75) is 52.4 Å². The van der Waals surface area contributed by atoms with E-state index < -0.39 is 0 Å². The van der Waals surface area contributed by atoms with E-state index in [2.05, 4.69) is 36.6 Å². The lowest BCUT2D eigenvalue weighted by Crippen LogP contribution is -2.37. The summed E-state index contributed by atoms with van der Waals surface area (Å²) in [7, 11) is 0. The fourth-order valence-electron chi connectivity index (χ4n) is 3.75. The molecule has 1 atom stereocenters. The Morgan fingerprint density at radius 3 is 2.95 bits per heavy atom. The van der Waals surface area contributed by atoms with Crippen molar-refractivity contribution < 1.29 is 4.79 Å². The molecule has 1 heterocycles. The summed E-state index contributed by atoms with van der Waals surface area (Å²) in [6.07, 6.45) is 6.91. The molecule has 0 saturated heterocycles. The topological polar surface area (TPSA) is 41.1 Å². The third-order valence-corrected chi connectivity index (χ3v) is 5.14. The van der Waals surface area contributed by atoms with Crippen LogP contribution in [-0.2, 0) is 11.2 Å². The predicted octanol–water partition coefficient (Wildman–Crippen LogP) is 4.20. The number of hydrogen-bond donors (Lipinski definition) is 2. The highest BCUT2D eigenvalue weighted by Crippen LogP contribution is 2.41. The molecule has 1 aliphatic heterocycles. The van der Waals surface area contributed by atoms with E-state index in [4.69, 9.17) is 0 Å². The molecule has 3 rings (SSSR count). The molecule has 3 heteroatoms. The second-order valence-corrected chi connectivity index (χ2v) is 7.18. The van der Waals surface area contributed by atoms with Gasteiger partial charge in [0.05, 0.1) is 0 Å². The number of amides is 1. The number of carbonyl (C=O) groups is 1. The Bertz CT molecular complexity index is 536. The van der Waals surface area contributed by atoms with Crippen molar-refractivity contribution >= 4 is 17.3 Å². The smallest absolute Gasteiger partial charge is 0.228 e. The summed E-state index contributed by atoms with van der Waals surface area (Å²) in [4.78, 5) is 12.6. The highest BCUT2D eigenvalue weighted by Gasteiger charge is 2.37. The van der Waals surface area contributed by atoms with Gasteiger partial charge in [0.15, 0.2) is 0 Å². The Kier molecular flexibility index (Phi) is 3.92. The van der Waals surface area contributed by atoms with Crippen molar-refractivity contribution in [1.82, 2.24) is 0 Å². The molecule has 0 bridgehead atoms. The lowest BCUT2D eigenvalue weighted by molar-refractivity contribution is -0.124. The summed E-state index contributed by atoms with van der Waals surface area (Å²) < 4.78 is 0. The van der Waals surface area contributed by atoms with Gasteiger partial charge in [0.1, 0.15) is 0 Å². The number of carbonyl (C=O) groups excluding carboxylic acids is 1. The summed E-state index contributed by atoms with van der Waals surface area (Å²) in [5.74, 6) is 0.325. The number of aryl methyl sites for hydroxylation is 1. The normalized spacial score (nSPS) is 23.8. The molecule has 1 aliphatic carbocycles. The SMILES string of the molecule is CC1(C)CCCCC1C(=O)Nc1ccc2c(c1)NCCC2. The summed E-state index contributed by atoms with van der Waals surface area (Å²) in [6.45, 7) is 5.48. The first-order chi connectivity index (χ1) is 10.1. The minimum absolute atomic E-state index is 0.120. The first-order valence-corrected chi connectivity index (χ1v) is 8.24. The van der Waals surface area contributed by atoms with Gasteiger partial charge >= 0.3 is 0 Å². The van der Waals surface area contributed by atoms with Crippen LogP contribution >= 0.6 is 0 Å². The number of fused-ring (bicyclic) bond motifs is 1. The second-order valence-electron chi connectivity index (χ2n) is 7.18. The monoisotopic (exact) mass is 286 g/mol. The molecule has 1 aromatic carbocycles. The Labute approximate surface area is 127 Å². The van der Waals surface area contributed by atoms with Crippen LogP contribution in [0.3, 0.4) is 0 Å². The van der Waals surface area contributed by atoms with Gasteiger partial charge in [-0.25, -0.2) is 0 Å². The molecule has 1 unspecified atom stereocenters. The minimum Gasteiger partial charge on any atom is -0.385 e. The zero-order valence-corrected chi connectivity index (χ0v) is 13.2. The molecule has 114 valence electrons. The van der Waals surface area contributed by atoms with Crippen molar-refractivity contribution in [3.8, 4) is 0 Å². The van der Waals surface area contributed by atoms with Crippen LogP contribution in [0.4, 0.5) is 11.4 Å². The van der Waals surface area contributed by atoms with Crippen LogP contribution in [-0.4, -0.2) is 12.5 Å². The average Bonchev–Trinajstić information content (AvgIpc) is 2.46. The quantitative estimate of drug-likeness (QED) is 0.855. The Morgan fingerprint density at radius 1 is 1.29 bits per heavy atom. The van der Waals surface area contributed by atoms with Gasteiger partial charge in [0, 0.05) is 23.8 Å². The van der Waals surface area contributed by atoms with E-state index in [-0.39, 0.29) is 17.2 Å². The predicted molar refractivity (Wildman–Crippen MR) is 87.6 cm³/mol. The second kappa shape index (κ2) is 5.70. The van der Waals surface area contributed by atoms with Crippen molar-refractivity contribution in [3.05, 3.63) is 23.8 Å². The van der Waals surface area contributed by atoms with E-state index in [0.29, 0.717) is 0 Å². The molecule has 0 radical (unpaired) electrons. The Morgan fingerprint density at radius 2 is 2.14 bits per heavy atom. The molecule has 21 heavy (non-hydrogen) atoms. The third-order valence-electron chi connectivity index (χ3n) is 5.14. The van der Waals surface area contributed by atoms with Gasteiger partial charge in [0.25, 0.3) is 0 Å². The van der Waals surface area contributed by atoms with Gasteiger partial charge in [-0.05, 0) is 48.8 Å². The summed E-state index contributed by atoms with van der Waals surface area (Å²) in [6, 6.07) is 6.27. The number of anilines is 2. The molecule has 1 fully saturated rings. The first-order valence-electron chi connectivity index (χ1n) is 8.24. The molecular weight excluding hydrogens is 260 g/mol. The highest BCUT2D eigenvalue weighted by atomic mass is 16.1. The fraction of sp³-hybridized carbons (Fsp3) is 0.611. The molecule has 0 spiro atoms. The zero-order chi connectivity index (χ0) is 14.9. The number of benzene rings is 1. The number of nitrogens with one attached hydrogen (secondary N) is 2. The molecule has 3 nitrogen and oxygen atoms in total. The average molecular weight is 286 g/mol. The van der Waals surface area contributed by atoms with E-state index >= 15 is 0 Å². The molecule has 0 aromatic heterocycles. The van der Waals surface area contributed by atoms with Crippen LogP contribution in [0.2, 0.25) is 0 Å². The lowest BCUT2D eigenvalue weighted by atomic mass is 9.68. The summed E-state index contributed by atoms with van der Waals surface area (Å²) in [5, 5.41) is 6.56. The molecule has 2 aliphatic rings. The molecule has 2 N–H and O–H groups in total. The number of rotatable bonds is 2. The van der Waals surface area contributed by atoms with E-state index in [1.165, 1.54) is 30.5 Å². The van der Waals surface area contributed by atoms with Gasteiger partial charge in [0.2, 0.25) is 5.91 Å². The lowest BCUT2D eigenvalue weighted by Gasteiger charge is -2.37. The molecule has 1 saturated carbocycles. The van der Waals surface area contributed by atoms with Crippen LogP contribution in [0, 0.1) is 11.3 Å². The van der Waals surface area contributed by atoms with E-state index in [0.717, 1.165) is 31.5 Å². The summed E-state index contributed by atoms with van der Waals surface area (Å²) in [5.41, 5.74) is 3.59. The number of hydrogen-bond acceptors (Lipinski definition) is 2. The van der Waals surface area contributed by atoms with Crippen LogP contribution in [0.1, 0.15) is 51.5 Å². The van der Waals surface area contributed by atoms with E-state index in [9.17, 15) is 4.79 Å². The van der Waals surface area contributed by atoms with Crippen LogP contribution in [0.25, 0.3) is 0 Å². The van der Waals surface area contributed by atoms with E-state index in [1.54, 1.807) is 0 Å². The van der Waals surface area contributed by atoms with Crippen LogP contribution in [0.15, 0.2) is 18.2 Å². The maximum absolute atomic E-state index is 12.6. The van der Waals surface area contributed by atoms with Gasteiger partial charge in [-0.15, -0.1) is 0 Å². The Hall–Kier alpha value is -1.51. The fourth-order valence-corrected chi connectivity index (χ4v) is 3.75. The first kappa shape index (κ1) is 14.4. The third kappa shape index (κ3) is 3.07. The van der Waals surface area contributed by atoms with Gasteiger partial charge in [-0.2, -0.15) is 0 Å². The maximum Gasteiger partial charge on any atom is 0.228 e. The van der Waals surface area contributed by atoms with Crippen LogP contribution in [0.5, 0.6) is 0 Å². The molecule has 1 amide bonds. The van der Waals surface area contributed by atoms with Crippen molar-refractivity contribution in [2.75, 3.05) is 17.2 Å². The molecular formula is C18H26N2O. The Balaban J connectivity index is 1.72. The van der Waals surface area contributed by atoms with Gasteiger partial charge < -0.3 is 10.6 Å². The molecule has 1 aromatic rings. The maximum atomic E-state index is 12.6. The zero-order valence-electron chi connectivity index (χ0n) is 13.2. The van der Waals surface area contributed by atoms with Crippen molar-refractivity contribution in [1.29, 1.82) is 0 Å². The van der Waals surface area contributed by atoms with Gasteiger partial charge in [-0.1, -0.05) is 32.8 Å². The largest absolute Gasteiger partial charge is 0.385 e. The van der Waals surface area contributed by atoms with Crippen molar-refractivity contribution in [2.24, 2.45) is 11.3 Å². The van der Waals surface area contributed by atoms with Crippen molar-refractivity contribution in [3.63, 3.8) is 0 Å². The van der Waals surface area contributed by atoms with E-state index in [1.807, 2.05) is 6.07 Å². The van der Waals surface area contributed by atoms with Gasteiger partial charge in [-0.3, -0.25) is 4.79 Å². The highest BCUT2D eigenvalue weighted by molar-refractivity contribution is 5.93.